The maximum atomic E-state index is 6.68. The van der Waals surface area contributed by atoms with Crippen LogP contribution in [0.25, 0.3) is 77.2 Å². The standard InChI is InChI=1S/C52H35NO/c1-4-14-36(15-5-1)38-24-28-43(29-25-38)53(44-30-26-39(27-31-44)37-16-6-2-7-17-37)48-23-13-12-22-46(48)51-45(40-18-8-3-9-19-40)32-33-49-52(51)47-34-41-20-10-11-21-42(41)35-50(47)54-49/h1-35H. The van der Waals surface area contributed by atoms with Gasteiger partial charge in [0.25, 0.3) is 0 Å². The van der Waals surface area contributed by atoms with Gasteiger partial charge in [-0.2, -0.15) is 0 Å². The molecule has 0 N–H and O–H groups in total. The van der Waals surface area contributed by atoms with Crippen LogP contribution >= 0.6 is 0 Å². The summed E-state index contributed by atoms with van der Waals surface area (Å²) in [6, 6.07) is 75.9. The first-order valence-electron chi connectivity index (χ1n) is 18.4. The Morgan fingerprint density at radius 3 is 1.41 bits per heavy atom. The summed E-state index contributed by atoms with van der Waals surface area (Å²) in [5.41, 5.74) is 14.3. The van der Waals surface area contributed by atoms with Crippen molar-refractivity contribution in [2.45, 2.75) is 0 Å². The minimum absolute atomic E-state index is 0.871. The fourth-order valence-electron chi connectivity index (χ4n) is 7.87. The van der Waals surface area contributed by atoms with Crippen LogP contribution in [0.4, 0.5) is 17.1 Å². The van der Waals surface area contributed by atoms with Gasteiger partial charge in [-0.1, -0.05) is 164 Å². The Morgan fingerprint density at radius 1 is 0.333 bits per heavy atom. The van der Waals surface area contributed by atoms with E-state index >= 15 is 0 Å². The molecular formula is C52H35NO. The van der Waals surface area contributed by atoms with Crippen LogP contribution in [0.5, 0.6) is 0 Å². The molecule has 0 saturated carbocycles. The van der Waals surface area contributed by atoms with Gasteiger partial charge in [-0.3, -0.25) is 0 Å². The lowest BCUT2D eigenvalue weighted by Crippen LogP contribution is -2.11. The first-order valence-corrected chi connectivity index (χ1v) is 18.4. The topological polar surface area (TPSA) is 16.4 Å². The third-order valence-corrected chi connectivity index (χ3v) is 10.5. The fraction of sp³-hybridized carbons (Fsp3) is 0. The lowest BCUT2D eigenvalue weighted by molar-refractivity contribution is 0.669. The number of hydrogen-bond acceptors (Lipinski definition) is 2. The Morgan fingerprint density at radius 2 is 0.815 bits per heavy atom. The summed E-state index contributed by atoms with van der Waals surface area (Å²) in [4.78, 5) is 2.39. The number of furan rings is 1. The van der Waals surface area contributed by atoms with Crippen molar-refractivity contribution in [3.8, 4) is 44.5 Å². The van der Waals surface area contributed by atoms with Gasteiger partial charge >= 0.3 is 0 Å². The van der Waals surface area contributed by atoms with Gasteiger partial charge in [-0.25, -0.2) is 0 Å². The molecule has 0 radical (unpaired) electrons. The largest absolute Gasteiger partial charge is 0.456 e. The summed E-state index contributed by atoms with van der Waals surface area (Å²) in [7, 11) is 0. The molecule has 0 spiro atoms. The Bertz CT molecular complexity index is 2810. The Balaban J connectivity index is 1.23. The number of rotatable bonds is 7. The molecule has 1 heterocycles. The van der Waals surface area contributed by atoms with Crippen LogP contribution in [0.1, 0.15) is 0 Å². The second-order valence-corrected chi connectivity index (χ2v) is 13.7. The molecule has 0 aliphatic heterocycles. The van der Waals surface area contributed by atoms with Crippen molar-refractivity contribution in [3.05, 3.63) is 212 Å². The third kappa shape index (κ3) is 5.62. The summed E-state index contributed by atoms with van der Waals surface area (Å²) in [6.45, 7) is 0. The highest BCUT2D eigenvalue weighted by Gasteiger charge is 2.24. The van der Waals surface area contributed by atoms with E-state index in [1.807, 2.05) is 0 Å². The molecule has 1 aromatic heterocycles. The van der Waals surface area contributed by atoms with Gasteiger partial charge in [-0.05, 0) is 92.7 Å². The molecule has 254 valence electrons. The molecule has 0 atom stereocenters. The number of nitrogens with zero attached hydrogens (tertiary/aromatic N) is 1. The average molecular weight is 690 g/mol. The molecule has 0 bridgehead atoms. The van der Waals surface area contributed by atoms with E-state index in [1.165, 1.54) is 33.0 Å². The zero-order chi connectivity index (χ0) is 35.8. The van der Waals surface area contributed by atoms with Crippen molar-refractivity contribution < 1.29 is 4.42 Å². The van der Waals surface area contributed by atoms with Gasteiger partial charge < -0.3 is 9.32 Å². The second-order valence-electron chi connectivity index (χ2n) is 13.7. The van der Waals surface area contributed by atoms with Crippen LogP contribution in [0.2, 0.25) is 0 Å². The monoisotopic (exact) mass is 689 g/mol. The average Bonchev–Trinajstić information content (AvgIpc) is 3.61. The highest BCUT2D eigenvalue weighted by Crippen LogP contribution is 2.49. The van der Waals surface area contributed by atoms with Crippen LogP contribution in [0, 0.1) is 0 Å². The normalized spacial score (nSPS) is 11.3. The van der Waals surface area contributed by atoms with Gasteiger partial charge in [0.05, 0.1) is 5.69 Å². The summed E-state index contributed by atoms with van der Waals surface area (Å²) in [6.07, 6.45) is 0. The highest BCUT2D eigenvalue weighted by molar-refractivity contribution is 6.19. The van der Waals surface area contributed by atoms with Gasteiger partial charge in [0.1, 0.15) is 11.2 Å². The van der Waals surface area contributed by atoms with E-state index in [0.29, 0.717) is 0 Å². The number of para-hydroxylation sites is 1. The van der Waals surface area contributed by atoms with E-state index in [2.05, 4.69) is 217 Å². The van der Waals surface area contributed by atoms with Crippen molar-refractivity contribution in [2.24, 2.45) is 0 Å². The molecule has 0 saturated heterocycles. The predicted octanol–water partition coefficient (Wildman–Crippen LogP) is 14.9. The van der Waals surface area contributed by atoms with Gasteiger partial charge in [0.2, 0.25) is 0 Å². The number of fused-ring (bicyclic) bond motifs is 4. The Hall–Kier alpha value is -7.16. The molecule has 0 amide bonds. The molecular weight excluding hydrogens is 655 g/mol. The van der Waals surface area contributed by atoms with E-state index in [4.69, 9.17) is 4.42 Å². The quantitative estimate of drug-likeness (QED) is 0.166. The van der Waals surface area contributed by atoms with E-state index < -0.39 is 0 Å². The molecule has 0 unspecified atom stereocenters. The third-order valence-electron chi connectivity index (χ3n) is 10.5. The second kappa shape index (κ2) is 13.4. The summed E-state index contributed by atoms with van der Waals surface area (Å²) in [5.74, 6) is 0. The molecule has 10 aromatic rings. The molecule has 0 aliphatic carbocycles. The minimum atomic E-state index is 0.871. The van der Waals surface area contributed by atoms with Crippen molar-refractivity contribution in [1.29, 1.82) is 0 Å². The number of hydrogen-bond donors (Lipinski definition) is 0. The SMILES string of the molecule is c1ccc(-c2ccc(N(c3ccc(-c4ccccc4)cc3)c3ccccc3-c3c(-c4ccccc4)ccc4oc5cc6ccccc6cc5c34)cc2)cc1. The zero-order valence-corrected chi connectivity index (χ0v) is 29.6. The molecule has 0 aliphatic rings. The maximum absolute atomic E-state index is 6.68. The Labute approximate surface area is 314 Å². The van der Waals surface area contributed by atoms with Crippen LogP contribution in [-0.4, -0.2) is 0 Å². The maximum Gasteiger partial charge on any atom is 0.136 e. The van der Waals surface area contributed by atoms with Gasteiger partial charge in [0, 0.05) is 33.3 Å². The predicted molar refractivity (Wildman–Crippen MR) is 228 cm³/mol. The molecule has 2 nitrogen and oxygen atoms in total. The summed E-state index contributed by atoms with van der Waals surface area (Å²) < 4.78 is 6.68. The summed E-state index contributed by atoms with van der Waals surface area (Å²) >= 11 is 0. The van der Waals surface area contributed by atoms with E-state index in [9.17, 15) is 0 Å². The fourth-order valence-corrected chi connectivity index (χ4v) is 7.87. The zero-order valence-electron chi connectivity index (χ0n) is 29.6. The summed E-state index contributed by atoms with van der Waals surface area (Å²) in [5, 5.41) is 4.58. The molecule has 0 fully saturated rings. The minimum Gasteiger partial charge on any atom is -0.456 e. The highest BCUT2D eigenvalue weighted by atomic mass is 16.3. The Kier molecular flexibility index (Phi) is 7.85. The smallest absolute Gasteiger partial charge is 0.136 e. The molecule has 9 aromatic carbocycles. The first-order chi connectivity index (χ1) is 26.8. The van der Waals surface area contributed by atoms with Crippen LogP contribution in [0.15, 0.2) is 217 Å². The van der Waals surface area contributed by atoms with Crippen LogP contribution in [-0.2, 0) is 0 Å². The number of anilines is 3. The van der Waals surface area contributed by atoms with E-state index in [0.717, 1.165) is 61.3 Å². The first kappa shape index (κ1) is 31.6. The lowest BCUT2D eigenvalue weighted by atomic mass is 9.89. The van der Waals surface area contributed by atoms with Crippen molar-refractivity contribution in [1.82, 2.24) is 0 Å². The van der Waals surface area contributed by atoms with E-state index in [-0.39, 0.29) is 0 Å². The van der Waals surface area contributed by atoms with E-state index in [1.54, 1.807) is 0 Å². The van der Waals surface area contributed by atoms with Crippen LogP contribution in [0.3, 0.4) is 0 Å². The molecule has 54 heavy (non-hydrogen) atoms. The van der Waals surface area contributed by atoms with Gasteiger partial charge in [0.15, 0.2) is 0 Å². The van der Waals surface area contributed by atoms with Gasteiger partial charge in [-0.15, -0.1) is 0 Å². The lowest BCUT2D eigenvalue weighted by Gasteiger charge is -2.29. The van der Waals surface area contributed by atoms with Crippen LogP contribution < -0.4 is 4.90 Å². The van der Waals surface area contributed by atoms with Crippen molar-refractivity contribution in [2.75, 3.05) is 4.90 Å². The van der Waals surface area contributed by atoms with Crippen molar-refractivity contribution in [3.63, 3.8) is 0 Å². The molecule has 10 rings (SSSR count). The number of benzene rings is 9. The molecule has 2 heteroatoms. The van der Waals surface area contributed by atoms with Crippen molar-refractivity contribution >= 4 is 49.8 Å².